The quantitative estimate of drug-likeness (QED) is 0.842. The summed E-state index contributed by atoms with van der Waals surface area (Å²) in [6.07, 6.45) is 2.59. The van der Waals surface area contributed by atoms with E-state index in [1.165, 1.54) is 32.0 Å². The van der Waals surface area contributed by atoms with E-state index in [0.29, 0.717) is 12.6 Å². The lowest BCUT2D eigenvalue weighted by atomic mass is 10.2. The van der Waals surface area contributed by atoms with Gasteiger partial charge in [0.2, 0.25) is 0 Å². The molecule has 100 valence electrons. The van der Waals surface area contributed by atoms with Crippen molar-refractivity contribution in [2.45, 2.75) is 32.4 Å². The van der Waals surface area contributed by atoms with Crippen LogP contribution >= 0.6 is 0 Å². The fourth-order valence-corrected chi connectivity index (χ4v) is 2.44. The van der Waals surface area contributed by atoms with Crippen LogP contribution in [0.3, 0.4) is 0 Å². The van der Waals surface area contributed by atoms with E-state index in [9.17, 15) is 9.50 Å². The summed E-state index contributed by atoms with van der Waals surface area (Å²) in [5, 5.41) is 12.7. The molecule has 0 spiro atoms. The Labute approximate surface area is 108 Å². The Balaban J connectivity index is 1.79. The number of phenolic OH excluding ortho intramolecular Hbond substituents is 1. The maximum absolute atomic E-state index is 13.1. The van der Waals surface area contributed by atoms with Crippen LogP contribution in [0.25, 0.3) is 0 Å². The molecule has 0 aromatic heterocycles. The smallest absolute Gasteiger partial charge is 0.127 e. The van der Waals surface area contributed by atoms with E-state index in [2.05, 4.69) is 17.1 Å². The largest absolute Gasteiger partial charge is 0.508 e. The number of aromatic hydroxyl groups is 1. The summed E-state index contributed by atoms with van der Waals surface area (Å²) in [4.78, 5) is 2.45. The summed E-state index contributed by atoms with van der Waals surface area (Å²) in [5.74, 6) is -0.405. The highest BCUT2D eigenvalue weighted by atomic mass is 19.1. The highest BCUT2D eigenvalue weighted by Crippen LogP contribution is 2.14. The molecule has 1 saturated heterocycles. The molecule has 0 amide bonds. The third-order valence-corrected chi connectivity index (χ3v) is 3.33. The zero-order chi connectivity index (χ0) is 13.0. The maximum Gasteiger partial charge on any atom is 0.127 e. The Bertz CT molecular complexity index is 371. The molecule has 18 heavy (non-hydrogen) atoms. The fourth-order valence-electron chi connectivity index (χ4n) is 2.44. The number of hydrogen-bond acceptors (Lipinski definition) is 3. The molecular formula is C14H21FN2O. The van der Waals surface area contributed by atoms with Crippen molar-refractivity contribution in [1.82, 2.24) is 10.2 Å². The predicted octanol–water partition coefficient (Wildman–Crippen LogP) is 2.11. The number of nitrogens with one attached hydrogen (secondary N) is 1. The van der Waals surface area contributed by atoms with Crippen molar-refractivity contribution in [3.05, 3.63) is 29.6 Å². The number of benzene rings is 1. The lowest BCUT2D eigenvalue weighted by molar-refractivity contribution is 0.298. The summed E-state index contributed by atoms with van der Waals surface area (Å²) in [7, 11) is 0. The molecule has 1 heterocycles. The minimum Gasteiger partial charge on any atom is -0.508 e. The maximum atomic E-state index is 13.1. The van der Waals surface area contributed by atoms with Crippen LogP contribution in [0.5, 0.6) is 5.75 Å². The first-order chi connectivity index (χ1) is 8.63. The average molecular weight is 252 g/mol. The number of nitrogens with zero attached hydrogens (tertiary/aromatic N) is 1. The lowest BCUT2D eigenvalue weighted by Gasteiger charge is -2.21. The molecular weight excluding hydrogens is 231 g/mol. The van der Waals surface area contributed by atoms with Gasteiger partial charge in [-0.25, -0.2) is 4.39 Å². The van der Waals surface area contributed by atoms with Crippen molar-refractivity contribution in [3.63, 3.8) is 0 Å². The van der Waals surface area contributed by atoms with E-state index in [0.717, 1.165) is 18.2 Å². The van der Waals surface area contributed by atoms with Crippen LogP contribution in [0, 0.1) is 5.82 Å². The molecule has 2 N–H and O–H groups in total. The molecule has 1 aromatic rings. The van der Waals surface area contributed by atoms with Gasteiger partial charge < -0.3 is 15.3 Å². The highest BCUT2D eigenvalue weighted by Gasteiger charge is 2.14. The summed E-state index contributed by atoms with van der Waals surface area (Å²) < 4.78 is 13.1. The number of rotatable bonds is 5. The molecule has 0 saturated carbocycles. The highest BCUT2D eigenvalue weighted by molar-refractivity contribution is 5.28. The Morgan fingerprint density at radius 2 is 2.06 bits per heavy atom. The summed E-state index contributed by atoms with van der Waals surface area (Å²) >= 11 is 0. The molecule has 1 fully saturated rings. The fraction of sp³-hybridized carbons (Fsp3) is 0.571. The van der Waals surface area contributed by atoms with E-state index >= 15 is 0 Å². The van der Waals surface area contributed by atoms with Crippen molar-refractivity contribution >= 4 is 0 Å². The van der Waals surface area contributed by atoms with E-state index < -0.39 is 0 Å². The van der Waals surface area contributed by atoms with Crippen molar-refractivity contribution in [3.8, 4) is 5.75 Å². The van der Waals surface area contributed by atoms with Crippen LogP contribution in [0.4, 0.5) is 4.39 Å². The molecule has 1 aromatic carbocycles. The molecule has 3 nitrogen and oxygen atoms in total. The Hall–Kier alpha value is -1.13. The van der Waals surface area contributed by atoms with Crippen LogP contribution in [0.2, 0.25) is 0 Å². The number of hydrogen-bond donors (Lipinski definition) is 2. The van der Waals surface area contributed by atoms with Gasteiger partial charge in [-0.3, -0.25) is 0 Å². The second-order valence-corrected chi connectivity index (χ2v) is 5.11. The number of halogens is 1. The average Bonchev–Trinajstić information content (AvgIpc) is 2.78. The number of phenols is 1. The minimum atomic E-state index is -0.390. The summed E-state index contributed by atoms with van der Waals surface area (Å²) in [6.45, 7) is 6.12. The van der Waals surface area contributed by atoms with Gasteiger partial charge in [0, 0.05) is 25.2 Å². The molecule has 2 rings (SSSR count). The molecule has 1 aliphatic rings. The summed E-state index contributed by atoms with van der Waals surface area (Å²) in [6, 6.07) is 4.54. The van der Waals surface area contributed by atoms with Crippen LogP contribution in [-0.4, -0.2) is 35.7 Å². The van der Waals surface area contributed by atoms with Gasteiger partial charge in [-0.05, 0) is 50.6 Å². The molecule has 0 aliphatic carbocycles. The van der Waals surface area contributed by atoms with E-state index in [4.69, 9.17) is 0 Å². The van der Waals surface area contributed by atoms with E-state index in [1.54, 1.807) is 6.07 Å². The van der Waals surface area contributed by atoms with Crippen LogP contribution < -0.4 is 5.32 Å². The first kappa shape index (κ1) is 13.3. The predicted molar refractivity (Wildman–Crippen MR) is 70.0 cm³/mol. The molecule has 1 atom stereocenters. The number of likely N-dealkylation sites (tertiary alicyclic amines) is 1. The first-order valence-corrected chi connectivity index (χ1v) is 6.57. The molecule has 0 radical (unpaired) electrons. The zero-order valence-electron chi connectivity index (χ0n) is 10.8. The Morgan fingerprint density at radius 1 is 1.33 bits per heavy atom. The van der Waals surface area contributed by atoms with Crippen molar-refractivity contribution in [2.24, 2.45) is 0 Å². The van der Waals surface area contributed by atoms with Crippen LogP contribution in [0.1, 0.15) is 25.3 Å². The van der Waals surface area contributed by atoms with E-state index in [-0.39, 0.29) is 11.6 Å². The Morgan fingerprint density at radius 3 is 2.72 bits per heavy atom. The van der Waals surface area contributed by atoms with Gasteiger partial charge in [0.25, 0.3) is 0 Å². The minimum absolute atomic E-state index is 0.0148. The van der Waals surface area contributed by atoms with Gasteiger partial charge in [0.15, 0.2) is 0 Å². The van der Waals surface area contributed by atoms with Crippen LogP contribution in [-0.2, 0) is 6.54 Å². The van der Waals surface area contributed by atoms with Crippen molar-refractivity contribution in [1.29, 1.82) is 0 Å². The SMILES string of the molecule is CC(CN1CCCC1)NCc1cc(O)cc(F)c1. The molecule has 1 aliphatic heterocycles. The van der Waals surface area contributed by atoms with Gasteiger partial charge in [0.1, 0.15) is 11.6 Å². The molecule has 4 heteroatoms. The van der Waals surface area contributed by atoms with Gasteiger partial charge in [-0.2, -0.15) is 0 Å². The molecule has 1 unspecified atom stereocenters. The standard InChI is InChI=1S/C14H21FN2O/c1-11(10-17-4-2-3-5-17)16-9-12-6-13(15)8-14(18)7-12/h6-8,11,16,18H,2-5,9-10H2,1H3. The van der Waals surface area contributed by atoms with Gasteiger partial charge in [-0.1, -0.05) is 0 Å². The zero-order valence-corrected chi connectivity index (χ0v) is 10.8. The first-order valence-electron chi connectivity index (χ1n) is 6.57. The topological polar surface area (TPSA) is 35.5 Å². The third kappa shape index (κ3) is 3.96. The second-order valence-electron chi connectivity index (χ2n) is 5.11. The normalized spacial score (nSPS) is 18.1. The van der Waals surface area contributed by atoms with Crippen molar-refractivity contribution < 1.29 is 9.50 Å². The van der Waals surface area contributed by atoms with Gasteiger partial charge in [0.05, 0.1) is 0 Å². The van der Waals surface area contributed by atoms with Gasteiger partial charge >= 0.3 is 0 Å². The van der Waals surface area contributed by atoms with Crippen LogP contribution in [0.15, 0.2) is 18.2 Å². The third-order valence-electron chi connectivity index (χ3n) is 3.33. The lowest BCUT2D eigenvalue weighted by Crippen LogP contribution is -2.37. The van der Waals surface area contributed by atoms with Crippen molar-refractivity contribution in [2.75, 3.05) is 19.6 Å². The summed E-state index contributed by atoms with van der Waals surface area (Å²) in [5.41, 5.74) is 0.778. The monoisotopic (exact) mass is 252 g/mol. The van der Waals surface area contributed by atoms with E-state index in [1.807, 2.05) is 0 Å². The van der Waals surface area contributed by atoms with Gasteiger partial charge in [-0.15, -0.1) is 0 Å². The Kier molecular flexibility index (Phi) is 4.55. The molecule has 0 bridgehead atoms. The second kappa shape index (κ2) is 6.16.